The van der Waals surface area contributed by atoms with E-state index in [1.807, 2.05) is 6.07 Å². The molecule has 0 radical (unpaired) electrons. The first-order chi connectivity index (χ1) is 10.4. The molecule has 2 aromatic carbocycles. The maximum Gasteiger partial charge on any atom is 0.0857 e. The summed E-state index contributed by atoms with van der Waals surface area (Å²) in [6, 6.07) is 23.3. The van der Waals surface area contributed by atoms with Crippen molar-refractivity contribution < 1.29 is 0 Å². The Morgan fingerprint density at radius 1 is 0.857 bits per heavy atom. The molecule has 1 aromatic heterocycles. The number of aromatic nitrogens is 1. The summed E-state index contributed by atoms with van der Waals surface area (Å²) in [4.78, 5) is 0. The molecule has 0 aliphatic carbocycles. The Morgan fingerprint density at radius 3 is 2.57 bits per heavy atom. The van der Waals surface area contributed by atoms with Crippen LogP contribution in [-0.2, 0) is 0 Å². The van der Waals surface area contributed by atoms with Crippen LogP contribution in [0.15, 0.2) is 79.0 Å². The van der Waals surface area contributed by atoms with Crippen LogP contribution in [0, 0.1) is 0 Å². The zero-order valence-corrected chi connectivity index (χ0v) is 11.6. The van der Waals surface area contributed by atoms with Crippen LogP contribution in [0.5, 0.6) is 0 Å². The van der Waals surface area contributed by atoms with Gasteiger partial charge < -0.3 is 9.88 Å². The number of benzene rings is 2. The SMILES string of the molecule is C(=C\C1Nc2ccccc2-n2cccc21)/c1ccccc1. The maximum absolute atomic E-state index is 3.60. The van der Waals surface area contributed by atoms with Crippen LogP contribution in [0.1, 0.15) is 17.3 Å². The summed E-state index contributed by atoms with van der Waals surface area (Å²) in [5.74, 6) is 0. The van der Waals surface area contributed by atoms with Gasteiger partial charge in [0.1, 0.15) is 0 Å². The number of nitrogens with zero attached hydrogens (tertiary/aromatic N) is 1. The van der Waals surface area contributed by atoms with E-state index >= 15 is 0 Å². The number of hydrogen-bond acceptors (Lipinski definition) is 1. The van der Waals surface area contributed by atoms with Crippen molar-refractivity contribution >= 4 is 11.8 Å². The zero-order chi connectivity index (χ0) is 14.1. The van der Waals surface area contributed by atoms with Crippen molar-refractivity contribution in [1.29, 1.82) is 0 Å². The lowest BCUT2D eigenvalue weighted by atomic mass is 10.1. The van der Waals surface area contributed by atoms with Crippen molar-refractivity contribution in [3.63, 3.8) is 0 Å². The molecule has 2 nitrogen and oxygen atoms in total. The van der Waals surface area contributed by atoms with Gasteiger partial charge in [0.05, 0.1) is 17.4 Å². The summed E-state index contributed by atoms with van der Waals surface area (Å²) in [6.45, 7) is 0. The van der Waals surface area contributed by atoms with Crippen LogP contribution < -0.4 is 5.32 Å². The van der Waals surface area contributed by atoms with Gasteiger partial charge in [-0.05, 0) is 29.8 Å². The molecule has 1 N–H and O–H groups in total. The van der Waals surface area contributed by atoms with Gasteiger partial charge in [0, 0.05) is 11.9 Å². The standard InChI is InChI=1S/C19H16N2/c1-2-7-15(8-3-1)12-13-17-19-11-6-14-21(19)18-10-5-4-9-16(18)20-17/h1-14,17,20H/b13-12+. The van der Waals surface area contributed by atoms with Crippen LogP contribution in [-0.4, -0.2) is 4.57 Å². The third-order valence-corrected chi connectivity index (χ3v) is 3.85. The van der Waals surface area contributed by atoms with Crippen molar-refractivity contribution in [2.45, 2.75) is 6.04 Å². The van der Waals surface area contributed by atoms with Gasteiger partial charge in [0.25, 0.3) is 0 Å². The van der Waals surface area contributed by atoms with Crippen LogP contribution in [0.2, 0.25) is 0 Å². The minimum absolute atomic E-state index is 0.190. The molecule has 2 heteroatoms. The second kappa shape index (κ2) is 4.98. The molecular weight excluding hydrogens is 256 g/mol. The highest BCUT2D eigenvalue weighted by Crippen LogP contribution is 2.34. The molecule has 1 atom stereocenters. The van der Waals surface area contributed by atoms with Crippen LogP contribution in [0.25, 0.3) is 11.8 Å². The van der Waals surface area contributed by atoms with Gasteiger partial charge in [0.15, 0.2) is 0 Å². The van der Waals surface area contributed by atoms with Crippen LogP contribution in [0.3, 0.4) is 0 Å². The Morgan fingerprint density at radius 2 is 1.67 bits per heavy atom. The Balaban J connectivity index is 1.72. The number of fused-ring (bicyclic) bond motifs is 3. The third kappa shape index (κ3) is 2.15. The Kier molecular flexibility index (Phi) is 2.86. The lowest BCUT2D eigenvalue weighted by Gasteiger charge is -2.27. The molecule has 1 unspecified atom stereocenters. The number of hydrogen-bond donors (Lipinski definition) is 1. The molecule has 0 amide bonds. The predicted molar refractivity (Wildman–Crippen MR) is 87.6 cm³/mol. The van der Waals surface area contributed by atoms with E-state index in [2.05, 4.69) is 88.9 Å². The van der Waals surface area contributed by atoms with E-state index in [1.54, 1.807) is 0 Å². The molecular formula is C19H16N2. The van der Waals surface area contributed by atoms with Gasteiger partial charge >= 0.3 is 0 Å². The zero-order valence-electron chi connectivity index (χ0n) is 11.6. The molecule has 3 aromatic rings. The highest BCUT2D eigenvalue weighted by molar-refractivity contribution is 5.67. The van der Waals surface area contributed by atoms with Crippen LogP contribution >= 0.6 is 0 Å². The molecule has 1 aliphatic rings. The Labute approximate surface area is 124 Å². The summed E-state index contributed by atoms with van der Waals surface area (Å²) in [7, 11) is 0. The third-order valence-electron chi connectivity index (χ3n) is 3.85. The lowest BCUT2D eigenvalue weighted by molar-refractivity contribution is 0.834. The Bertz CT molecular complexity index is 784. The van der Waals surface area contributed by atoms with E-state index in [0.717, 1.165) is 0 Å². The fourth-order valence-electron chi connectivity index (χ4n) is 2.83. The number of rotatable bonds is 2. The van der Waals surface area contributed by atoms with Crippen molar-refractivity contribution in [2.75, 3.05) is 5.32 Å². The van der Waals surface area contributed by atoms with E-state index in [9.17, 15) is 0 Å². The van der Waals surface area contributed by atoms with Crippen molar-refractivity contribution in [1.82, 2.24) is 4.57 Å². The van der Waals surface area contributed by atoms with Crippen molar-refractivity contribution in [2.24, 2.45) is 0 Å². The van der Waals surface area contributed by atoms with Gasteiger partial charge in [-0.15, -0.1) is 0 Å². The van der Waals surface area contributed by atoms with Crippen LogP contribution in [0.4, 0.5) is 5.69 Å². The molecule has 0 spiro atoms. The normalized spacial score (nSPS) is 16.3. The fourth-order valence-corrected chi connectivity index (χ4v) is 2.83. The lowest BCUT2D eigenvalue weighted by Crippen LogP contribution is -2.19. The average molecular weight is 272 g/mol. The largest absolute Gasteiger partial charge is 0.372 e. The number of nitrogens with one attached hydrogen (secondary N) is 1. The second-order valence-corrected chi connectivity index (χ2v) is 5.21. The fraction of sp³-hybridized carbons (Fsp3) is 0.0526. The minimum Gasteiger partial charge on any atom is -0.372 e. The van der Waals surface area contributed by atoms with Crippen molar-refractivity contribution in [3.05, 3.63) is 90.3 Å². The molecule has 1 aliphatic heterocycles. The number of para-hydroxylation sites is 2. The van der Waals surface area contributed by atoms with E-state index in [4.69, 9.17) is 0 Å². The van der Waals surface area contributed by atoms with E-state index < -0.39 is 0 Å². The molecule has 0 fully saturated rings. The summed E-state index contributed by atoms with van der Waals surface area (Å²) in [5.41, 5.74) is 4.86. The molecule has 4 rings (SSSR count). The number of anilines is 1. The molecule has 21 heavy (non-hydrogen) atoms. The quantitative estimate of drug-likeness (QED) is 0.718. The van der Waals surface area contributed by atoms with Gasteiger partial charge in [0.2, 0.25) is 0 Å². The second-order valence-electron chi connectivity index (χ2n) is 5.21. The molecule has 0 bridgehead atoms. The Hall–Kier alpha value is -2.74. The molecule has 102 valence electrons. The van der Waals surface area contributed by atoms with Gasteiger partial charge in [-0.1, -0.05) is 54.6 Å². The first-order valence-electron chi connectivity index (χ1n) is 7.18. The highest BCUT2D eigenvalue weighted by Gasteiger charge is 2.20. The first-order valence-corrected chi connectivity index (χ1v) is 7.18. The first kappa shape index (κ1) is 12.0. The van der Waals surface area contributed by atoms with E-state index in [-0.39, 0.29) is 6.04 Å². The maximum atomic E-state index is 3.60. The minimum atomic E-state index is 0.190. The molecule has 2 heterocycles. The summed E-state index contributed by atoms with van der Waals surface area (Å²) < 4.78 is 2.26. The van der Waals surface area contributed by atoms with E-state index in [0.29, 0.717) is 0 Å². The monoisotopic (exact) mass is 272 g/mol. The average Bonchev–Trinajstić information content (AvgIpc) is 3.04. The molecule has 0 saturated carbocycles. The van der Waals surface area contributed by atoms with Crippen molar-refractivity contribution in [3.8, 4) is 5.69 Å². The molecule has 0 saturated heterocycles. The summed E-state index contributed by atoms with van der Waals surface area (Å²) in [6.07, 6.45) is 6.51. The van der Waals surface area contributed by atoms with Gasteiger partial charge in [-0.3, -0.25) is 0 Å². The highest BCUT2D eigenvalue weighted by atomic mass is 15.1. The summed E-state index contributed by atoms with van der Waals surface area (Å²) in [5, 5.41) is 3.60. The van der Waals surface area contributed by atoms with E-state index in [1.165, 1.54) is 22.6 Å². The topological polar surface area (TPSA) is 17.0 Å². The smallest absolute Gasteiger partial charge is 0.0857 e. The predicted octanol–water partition coefficient (Wildman–Crippen LogP) is 4.66. The van der Waals surface area contributed by atoms with Gasteiger partial charge in [-0.2, -0.15) is 0 Å². The summed E-state index contributed by atoms with van der Waals surface area (Å²) >= 11 is 0. The van der Waals surface area contributed by atoms with Gasteiger partial charge in [-0.25, -0.2) is 0 Å².